The number of piperazine rings is 1. The van der Waals surface area contributed by atoms with Crippen LogP contribution in [0.3, 0.4) is 0 Å². The molecule has 0 aliphatic carbocycles. The summed E-state index contributed by atoms with van der Waals surface area (Å²) >= 11 is 0. The summed E-state index contributed by atoms with van der Waals surface area (Å²) in [5, 5.41) is 5.51. The molecule has 2 aromatic carbocycles. The highest BCUT2D eigenvalue weighted by atomic mass is 16.7. The van der Waals surface area contributed by atoms with E-state index in [1.165, 1.54) is 16.8 Å². The van der Waals surface area contributed by atoms with Crippen molar-refractivity contribution >= 4 is 23.2 Å². The monoisotopic (exact) mass is 465 g/mol. The highest BCUT2D eigenvalue weighted by molar-refractivity contribution is 6.39. The molecule has 0 unspecified atom stereocenters. The second-order valence-electron chi connectivity index (χ2n) is 9.15. The van der Waals surface area contributed by atoms with E-state index in [0.717, 1.165) is 39.1 Å². The third-order valence-corrected chi connectivity index (χ3v) is 6.89. The van der Waals surface area contributed by atoms with Crippen LogP contribution in [0.5, 0.6) is 11.5 Å². The Morgan fingerprint density at radius 1 is 0.941 bits per heavy atom. The topological polar surface area (TPSA) is 86.4 Å². The van der Waals surface area contributed by atoms with Gasteiger partial charge in [-0.1, -0.05) is 12.1 Å². The van der Waals surface area contributed by atoms with Crippen LogP contribution in [0.15, 0.2) is 36.4 Å². The molecule has 1 atom stereocenters. The number of nitrogens with one attached hydrogen (secondary N) is 2. The van der Waals surface area contributed by atoms with Gasteiger partial charge in [-0.2, -0.15) is 0 Å². The summed E-state index contributed by atoms with van der Waals surface area (Å²) in [6.07, 6.45) is 1.03. The number of amides is 2. The number of rotatable bonds is 5. The Labute approximate surface area is 199 Å². The predicted molar refractivity (Wildman–Crippen MR) is 129 cm³/mol. The van der Waals surface area contributed by atoms with Crippen molar-refractivity contribution in [3.63, 3.8) is 0 Å². The minimum atomic E-state index is -0.702. The van der Waals surface area contributed by atoms with Gasteiger partial charge in [0, 0.05) is 63.8 Å². The number of carbonyl (C=O) groups excluding carboxylic acids is 2. The molecule has 34 heavy (non-hydrogen) atoms. The highest BCUT2D eigenvalue weighted by Crippen LogP contribution is 2.34. The van der Waals surface area contributed by atoms with Crippen molar-refractivity contribution in [2.24, 2.45) is 0 Å². The van der Waals surface area contributed by atoms with Crippen LogP contribution in [0.4, 0.5) is 11.4 Å². The van der Waals surface area contributed by atoms with Crippen LogP contribution < -0.4 is 25.0 Å². The Hall–Kier alpha value is -3.30. The fourth-order valence-corrected chi connectivity index (χ4v) is 4.82. The zero-order valence-electron chi connectivity index (χ0n) is 19.7. The molecule has 1 saturated heterocycles. The standard InChI is InChI=1S/C25H31N5O4/c1-28-9-11-30(12-10-28)21(17-3-5-20-18(13-17)7-8-29(20)2)15-26-24(31)25(32)27-19-4-6-22-23(14-19)34-16-33-22/h3-6,13-14,21H,7-12,15-16H2,1-2H3,(H,26,31)(H,27,32)/t21-/m1/s1. The van der Waals surface area contributed by atoms with Crippen LogP contribution in [0.1, 0.15) is 17.2 Å². The average Bonchev–Trinajstić information content (AvgIpc) is 3.46. The quantitative estimate of drug-likeness (QED) is 0.647. The first-order valence-corrected chi connectivity index (χ1v) is 11.7. The maximum Gasteiger partial charge on any atom is 0.313 e. The van der Waals surface area contributed by atoms with Crippen molar-refractivity contribution in [2.45, 2.75) is 12.5 Å². The normalized spacial score (nSPS) is 18.5. The Morgan fingerprint density at radius 3 is 2.56 bits per heavy atom. The number of fused-ring (bicyclic) bond motifs is 2. The fraction of sp³-hybridized carbons (Fsp3) is 0.440. The van der Waals surface area contributed by atoms with Crippen molar-refractivity contribution < 1.29 is 19.1 Å². The summed E-state index contributed by atoms with van der Waals surface area (Å²) in [4.78, 5) is 32.2. The van der Waals surface area contributed by atoms with Gasteiger partial charge in [-0.15, -0.1) is 0 Å². The zero-order chi connectivity index (χ0) is 23.7. The molecule has 2 amide bonds. The summed E-state index contributed by atoms with van der Waals surface area (Å²) in [6, 6.07) is 11.7. The molecule has 3 aliphatic rings. The van der Waals surface area contributed by atoms with E-state index in [1.54, 1.807) is 18.2 Å². The lowest BCUT2D eigenvalue weighted by Crippen LogP contribution is -2.49. The predicted octanol–water partition coefficient (Wildman–Crippen LogP) is 1.45. The highest BCUT2D eigenvalue weighted by Gasteiger charge is 2.27. The second kappa shape index (κ2) is 9.52. The maximum absolute atomic E-state index is 12.7. The van der Waals surface area contributed by atoms with Crippen molar-refractivity contribution in [3.05, 3.63) is 47.5 Å². The molecular formula is C25H31N5O4. The number of carbonyl (C=O) groups is 2. The van der Waals surface area contributed by atoms with Crippen molar-refractivity contribution in [2.75, 3.05) is 70.4 Å². The number of likely N-dealkylation sites (N-methyl/N-ethyl adjacent to an activating group) is 2. The summed E-state index contributed by atoms with van der Waals surface area (Å²) in [7, 11) is 4.24. The third kappa shape index (κ3) is 4.67. The first-order valence-electron chi connectivity index (χ1n) is 11.7. The van der Waals surface area contributed by atoms with E-state index in [0.29, 0.717) is 23.7 Å². The van der Waals surface area contributed by atoms with Gasteiger partial charge < -0.3 is 29.9 Å². The van der Waals surface area contributed by atoms with Crippen LogP contribution >= 0.6 is 0 Å². The van der Waals surface area contributed by atoms with Gasteiger partial charge in [-0.05, 0) is 42.8 Å². The Bertz CT molecular complexity index is 1080. The van der Waals surface area contributed by atoms with E-state index < -0.39 is 11.8 Å². The largest absolute Gasteiger partial charge is 0.454 e. The van der Waals surface area contributed by atoms with Crippen molar-refractivity contribution in [3.8, 4) is 11.5 Å². The van der Waals surface area contributed by atoms with Gasteiger partial charge in [0.1, 0.15) is 0 Å². The molecule has 0 saturated carbocycles. The molecule has 2 N–H and O–H groups in total. The minimum absolute atomic E-state index is 0.00667. The molecule has 9 nitrogen and oxygen atoms in total. The van der Waals surface area contributed by atoms with Gasteiger partial charge in [0.2, 0.25) is 6.79 Å². The second-order valence-corrected chi connectivity index (χ2v) is 9.15. The van der Waals surface area contributed by atoms with E-state index in [-0.39, 0.29) is 12.8 Å². The van der Waals surface area contributed by atoms with E-state index in [4.69, 9.17) is 9.47 Å². The van der Waals surface area contributed by atoms with E-state index in [2.05, 4.69) is 57.6 Å². The third-order valence-electron chi connectivity index (χ3n) is 6.89. The number of benzene rings is 2. The van der Waals surface area contributed by atoms with Crippen LogP contribution in [0.2, 0.25) is 0 Å². The minimum Gasteiger partial charge on any atom is -0.454 e. The Kier molecular flexibility index (Phi) is 6.30. The van der Waals surface area contributed by atoms with Crippen LogP contribution in [-0.2, 0) is 16.0 Å². The van der Waals surface area contributed by atoms with Crippen molar-refractivity contribution in [1.82, 2.24) is 15.1 Å². The molecule has 0 aromatic heterocycles. The summed E-state index contributed by atoms with van der Waals surface area (Å²) in [5.41, 5.74) is 4.27. The zero-order valence-corrected chi connectivity index (χ0v) is 19.7. The SMILES string of the molecule is CN1CCN([C@H](CNC(=O)C(=O)Nc2ccc3c(c2)OCO3)c2ccc3c(c2)CCN3C)CC1. The summed E-state index contributed by atoms with van der Waals surface area (Å²) in [6.45, 7) is 5.32. The fourth-order valence-electron chi connectivity index (χ4n) is 4.82. The number of anilines is 2. The lowest BCUT2D eigenvalue weighted by molar-refractivity contribution is -0.136. The van der Waals surface area contributed by atoms with Crippen LogP contribution in [0.25, 0.3) is 0 Å². The first-order chi connectivity index (χ1) is 16.5. The molecule has 3 heterocycles. The number of hydrogen-bond acceptors (Lipinski definition) is 7. The van der Waals surface area contributed by atoms with E-state index in [9.17, 15) is 9.59 Å². The van der Waals surface area contributed by atoms with Gasteiger partial charge in [0.25, 0.3) is 0 Å². The lowest BCUT2D eigenvalue weighted by atomic mass is 10.00. The molecule has 5 rings (SSSR count). The smallest absolute Gasteiger partial charge is 0.313 e. The maximum atomic E-state index is 12.7. The molecule has 3 aliphatic heterocycles. The Balaban J connectivity index is 1.26. The molecule has 0 radical (unpaired) electrons. The molecule has 0 spiro atoms. The van der Waals surface area contributed by atoms with Gasteiger partial charge in [0.15, 0.2) is 11.5 Å². The van der Waals surface area contributed by atoms with Gasteiger partial charge >= 0.3 is 11.8 Å². The lowest BCUT2D eigenvalue weighted by Gasteiger charge is -2.38. The molecule has 2 aromatic rings. The number of nitrogens with zero attached hydrogens (tertiary/aromatic N) is 3. The van der Waals surface area contributed by atoms with Gasteiger partial charge in [-0.25, -0.2) is 0 Å². The van der Waals surface area contributed by atoms with E-state index >= 15 is 0 Å². The van der Waals surface area contributed by atoms with Gasteiger partial charge in [0.05, 0.1) is 6.04 Å². The average molecular weight is 466 g/mol. The van der Waals surface area contributed by atoms with Gasteiger partial charge in [-0.3, -0.25) is 14.5 Å². The first kappa shape index (κ1) is 22.5. The Morgan fingerprint density at radius 2 is 1.74 bits per heavy atom. The molecular weight excluding hydrogens is 434 g/mol. The number of ether oxygens (including phenoxy) is 2. The number of hydrogen-bond donors (Lipinski definition) is 2. The van der Waals surface area contributed by atoms with E-state index in [1.807, 2.05) is 0 Å². The summed E-state index contributed by atoms with van der Waals surface area (Å²) < 4.78 is 10.6. The van der Waals surface area contributed by atoms with Crippen LogP contribution in [0, 0.1) is 0 Å². The molecule has 9 heteroatoms. The van der Waals surface area contributed by atoms with Crippen LogP contribution in [-0.4, -0.2) is 81.8 Å². The molecule has 1 fully saturated rings. The summed E-state index contributed by atoms with van der Waals surface area (Å²) in [5.74, 6) is -0.183. The molecule has 0 bridgehead atoms. The van der Waals surface area contributed by atoms with Crippen molar-refractivity contribution in [1.29, 1.82) is 0 Å². The molecule has 180 valence electrons.